The maximum atomic E-state index is 12.7. The summed E-state index contributed by atoms with van der Waals surface area (Å²) in [5.74, 6) is 0. The molecule has 0 amide bonds. The van der Waals surface area contributed by atoms with Gasteiger partial charge in [0.1, 0.15) is 0 Å². The van der Waals surface area contributed by atoms with Crippen molar-refractivity contribution in [3.05, 3.63) is 159 Å². The van der Waals surface area contributed by atoms with E-state index in [4.69, 9.17) is 0 Å². The van der Waals surface area contributed by atoms with Gasteiger partial charge >= 0.3 is 137 Å². The largest absolute Gasteiger partial charge is 1.00 e. The first-order valence-electron chi connectivity index (χ1n) is 16.4. The van der Waals surface area contributed by atoms with Crippen molar-refractivity contribution in [2.24, 2.45) is 0 Å². The molecule has 52 heavy (non-hydrogen) atoms. The molecule has 0 saturated carbocycles. The Morgan fingerprint density at radius 2 is 1.10 bits per heavy atom. The van der Waals surface area contributed by atoms with E-state index >= 15 is 0 Å². The topological polar surface area (TPSA) is 0 Å². The van der Waals surface area contributed by atoms with Crippen molar-refractivity contribution in [3.8, 4) is 11.1 Å². The summed E-state index contributed by atoms with van der Waals surface area (Å²) in [6.07, 6.45) is -7.93. The minimum absolute atomic E-state index is 0. The zero-order valence-electron chi connectivity index (χ0n) is 30.5. The van der Waals surface area contributed by atoms with Crippen LogP contribution in [0.25, 0.3) is 11.1 Å². The van der Waals surface area contributed by atoms with Gasteiger partial charge in [-0.1, -0.05) is 71.6 Å². The van der Waals surface area contributed by atoms with Gasteiger partial charge in [-0.05, 0) is 35.4 Å². The standard InChI is InChI=1S/C23H29.C15H8F6.C5H5.2ClH.Hf/c1-14-9-16-11-17-10-15(2)21(23(6,7)8)13-19(17)18(16)12-20(14)22(3,4)5;16-14(17,18)12-5-1-3-10(8-12)7-11-4-2-6-13(9-11)15(19,20)21;1-2-4-5-3-1;;;/h9,12-13H,11H2,1-8H3;1-6,8-9H;1-5H;2*1H;/q-1;;-1;;;+2/p-2. The minimum atomic E-state index is -4.48. The molecule has 0 bridgehead atoms. The third-order valence-corrected chi connectivity index (χ3v) is 10.7. The average Bonchev–Trinajstić information content (AvgIpc) is 3.70. The van der Waals surface area contributed by atoms with Crippen molar-refractivity contribution in [3.63, 3.8) is 0 Å². The Kier molecular flexibility index (Phi) is 15.3. The maximum absolute atomic E-state index is 12.7. The first-order chi connectivity index (χ1) is 23.1. The molecule has 0 heterocycles. The van der Waals surface area contributed by atoms with Crippen LogP contribution in [0.4, 0.5) is 26.3 Å². The predicted molar refractivity (Wildman–Crippen MR) is 189 cm³/mol. The number of aryl methyl sites for hydroxylation is 2. The van der Waals surface area contributed by atoms with Crippen LogP contribution in [0.5, 0.6) is 0 Å². The van der Waals surface area contributed by atoms with E-state index in [2.05, 4.69) is 79.7 Å². The molecule has 0 atom stereocenters. The number of rotatable bonds is 2. The Labute approximate surface area is 331 Å². The number of halogens is 8. The van der Waals surface area contributed by atoms with E-state index in [0.717, 1.165) is 30.7 Å². The van der Waals surface area contributed by atoms with Crippen molar-refractivity contribution in [1.82, 2.24) is 0 Å². The molecule has 0 nitrogen and oxygen atoms in total. The quantitative estimate of drug-likeness (QED) is 0.106. The first kappa shape index (κ1) is 45.3. The van der Waals surface area contributed by atoms with Crippen molar-refractivity contribution in [1.29, 1.82) is 0 Å². The SMILES string of the molecule is Cc1[c-]c2c(cc1C(C)(C)C)-c1cc(C(C)(C)C)c(C)cc1C2.FC(F)(F)c1cccc([C](=[Hf+2])c2cccc(C(F)(F)F)c2)c1.[Cl-].[Cl-].c1cc[cH-]c1. The van der Waals surface area contributed by atoms with Gasteiger partial charge in [-0.25, -0.2) is 12.1 Å². The van der Waals surface area contributed by atoms with Crippen molar-refractivity contribution in [2.75, 3.05) is 0 Å². The first-order valence-corrected chi connectivity index (χ1v) is 18.2. The van der Waals surface area contributed by atoms with Crippen LogP contribution in [0.2, 0.25) is 0 Å². The van der Waals surface area contributed by atoms with Gasteiger partial charge < -0.3 is 24.8 Å². The van der Waals surface area contributed by atoms with Gasteiger partial charge in [-0.3, -0.25) is 0 Å². The number of benzene rings is 4. The summed E-state index contributed by atoms with van der Waals surface area (Å²) < 4.78 is 76.7. The summed E-state index contributed by atoms with van der Waals surface area (Å²) in [5, 5.41) is 0. The van der Waals surface area contributed by atoms with E-state index in [-0.39, 0.29) is 35.6 Å². The molecule has 0 spiro atoms. The van der Waals surface area contributed by atoms with Crippen molar-refractivity contribution < 1.29 is 75.0 Å². The molecule has 1 aliphatic carbocycles. The van der Waals surface area contributed by atoms with Gasteiger partial charge in [0.25, 0.3) is 0 Å². The van der Waals surface area contributed by atoms with Gasteiger partial charge in [0.2, 0.25) is 0 Å². The van der Waals surface area contributed by atoms with Crippen molar-refractivity contribution in [2.45, 2.75) is 85.0 Å². The molecule has 0 aromatic heterocycles. The van der Waals surface area contributed by atoms with E-state index in [0.29, 0.717) is 38.3 Å². The number of alkyl halides is 6. The second kappa shape index (κ2) is 17.5. The average molecular weight is 922 g/mol. The second-order valence-electron chi connectivity index (χ2n) is 14.7. The fraction of sp³-hybridized carbons (Fsp3) is 0.302. The monoisotopic (exact) mass is 922 g/mol. The van der Waals surface area contributed by atoms with Gasteiger partial charge in [0, 0.05) is 0 Å². The van der Waals surface area contributed by atoms with Crippen LogP contribution < -0.4 is 24.8 Å². The molecule has 0 N–H and O–H groups in total. The fourth-order valence-electron chi connectivity index (χ4n) is 6.21. The van der Waals surface area contributed by atoms with Crippen LogP contribution in [0.1, 0.15) is 97.2 Å². The summed E-state index contributed by atoms with van der Waals surface area (Å²) >= 11 is 0.316. The second-order valence-corrected chi connectivity index (χ2v) is 16.5. The van der Waals surface area contributed by atoms with E-state index in [9.17, 15) is 26.3 Å². The fourth-order valence-corrected chi connectivity index (χ4v) is 7.33. The van der Waals surface area contributed by atoms with Crippen LogP contribution in [0.3, 0.4) is 0 Å². The molecule has 276 valence electrons. The third kappa shape index (κ3) is 11.3. The Bertz CT molecular complexity index is 1810. The van der Waals surface area contributed by atoms with E-state index in [1.54, 1.807) is 0 Å². The minimum Gasteiger partial charge on any atom is -1.00 e. The van der Waals surface area contributed by atoms with Crippen LogP contribution in [0, 0.1) is 19.9 Å². The molecule has 0 unspecified atom stereocenters. The molecule has 9 heteroatoms. The molecule has 0 saturated heterocycles. The number of hydrogen-bond acceptors (Lipinski definition) is 0. The van der Waals surface area contributed by atoms with Crippen LogP contribution >= 0.6 is 0 Å². The molecule has 0 aliphatic heterocycles. The van der Waals surface area contributed by atoms with Crippen LogP contribution in [-0.4, -0.2) is 3.26 Å². The van der Waals surface area contributed by atoms with E-state index < -0.39 is 23.5 Å². The van der Waals surface area contributed by atoms with Gasteiger partial charge in [0.15, 0.2) is 0 Å². The van der Waals surface area contributed by atoms with Gasteiger partial charge in [0.05, 0.1) is 0 Å². The zero-order chi connectivity index (χ0) is 37.2. The molecular formula is C43H42Cl2F6Hf-2. The number of fused-ring (bicyclic) bond motifs is 3. The van der Waals surface area contributed by atoms with E-state index in [1.807, 2.05) is 30.3 Å². The van der Waals surface area contributed by atoms with Gasteiger partial charge in [-0.15, -0.1) is 16.7 Å². The summed E-state index contributed by atoms with van der Waals surface area (Å²) in [4.78, 5) is 0. The molecule has 5 aromatic rings. The molecule has 1 aliphatic rings. The third-order valence-electron chi connectivity index (χ3n) is 8.59. The molecular weight excluding hydrogens is 880 g/mol. The van der Waals surface area contributed by atoms with Crippen molar-refractivity contribution >= 4 is 3.26 Å². The summed E-state index contributed by atoms with van der Waals surface area (Å²) in [5.41, 5.74) is 10.6. The Hall–Kier alpha value is -2.87. The summed E-state index contributed by atoms with van der Waals surface area (Å²) in [7, 11) is 0. The van der Waals surface area contributed by atoms with Gasteiger partial charge in [-0.2, -0.15) is 35.9 Å². The maximum Gasteiger partial charge on any atom is -0.172 e. The van der Waals surface area contributed by atoms with E-state index in [1.165, 1.54) is 68.8 Å². The molecule has 0 fully saturated rings. The summed E-state index contributed by atoms with van der Waals surface area (Å²) in [6, 6.07) is 30.2. The smallest absolute Gasteiger partial charge is 0.172 e. The Balaban J connectivity index is 0.000000307. The normalized spacial score (nSPS) is 12.2. The Morgan fingerprint density at radius 3 is 1.50 bits per heavy atom. The Morgan fingerprint density at radius 1 is 0.635 bits per heavy atom. The zero-order valence-corrected chi connectivity index (χ0v) is 35.6. The summed E-state index contributed by atoms with van der Waals surface area (Å²) in [6.45, 7) is 18.2. The van der Waals surface area contributed by atoms with Crippen LogP contribution in [-0.2, 0) is 53.5 Å². The predicted octanol–water partition coefficient (Wildman–Crippen LogP) is 6.52. The van der Waals surface area contributed by atoms with Crippen LogP contribution in [0.15, 0.2) is 97.1 Å². The molecule has 0 radical (unpaired) electrons. The molecule has 6 rings (SSSR count). The number of hydrogen-bond donors (Lipinski definition) is 0. The molecule has 5 aromatic carbocycles.